The van der Waals surface area contributed by atoms with Gasteiger partial charge in [0.05, 0.1) is 14.2 Å². The van der Waals surface area contributed by atoms with Gasteiger partial charge in [-0.05, 0) is 55.5 Å². The van der Waals surface area contributed by atoms with Gasteiger partial charge < -0.3 is 19.7 Å². The summed E-state index contributed by atoms with van der Waals surface area (Å²) in [4.78, 5) is 28.5. The first-order chi connectivity index (χ1) is 16.9. The monoisotopic (exact) mass is 520 g/mol. The van der Waals surface area contributed by atoms with Gasteiger partial charge in [-0.25, -0.2) is 0 Å². The second-order valence-electron chi connectivity index (χ2n) is 8.83. The average Bonchev–Trinajstić information content (AvgIpc) is 3.36. The van der Waals surface area contributed by atoms with Gasteiger partial charge in [-0.15, -0.1) is 0 Å². The molecular formula is C27H34Cl2N2O4. The maximum absolute atomic E-state index is 13.6. The molecule has 2 aromatic rings. The highest BCUT2D eigenvalue weighted by Crippen LogP contribution is 2.30. The number of methoxy groups -OCH3 is 2. The minimum absolute atomic E-state index is 0.123. The Kier molecular flexibility index (Phi) is 10.1. The van der Waals surface area contributed by atoms with Crippen LogP contribution in [-0.4, -0.2) is 43.0 Å². The molecule has 1 unspecified atom stereocenters. The van der Waals surface area contributed by atoms with Gasteiger partial charge in [-0.2, -0.15) is 0 Å². The van der Waals surface area contributed by atoms with Crippen LogP contribution in [0.3, 0.4) is 0 Å². The van der Waals surface area contributed by atoms with Crippen molar-refractivity contribution in [3.63, 3.8) is 0 Å². The highest BCUT2D eigenvalue weighted by Gasteiger charge is 2.31. The van der Waals surface area contributed by atoms with Crippen LogP contribution in [0.15, 0.2) is 36.4 Å². The molecule has 3 rings (SSSR count). The smallest absolute Gasteiger partial charge is 0.243 e. The summed E-state index contributed by atoms with van der Waals surface area (Å²) in [5.41, 5.74) is 1.58. The van der Waals surface area contributed by atoms with E-state index in [9.17, 15) is 9.59 Å². The Labute approximate surface area is 217 Å². The number of hydrogen-bond donors (Lipinski definition) is 1. The number of nitrogens with one attached hydrogen (secondary N) is 1. The van der Waals surface area contributed by atoms with Crippen LogP contribution in [-0.2, 0) is 22.6 Å². The molecule has 190 valence electrons. The second kappa shape index (κ2) is 13.0. The summed E-state index contributed by atoms with van der Waals surface area (Å²) in [7, 11) is 3.16. The van der Waals surface area contributed by atoms with Crippen LogP contribution in [0.4, 0.5) is 0 Å². The van der Waals surface area contributed by atoms with Crippen LogP contribution < -0.4 is 14.8 Å². The molecule has 1 fully saturated rings. The molecule has 1 saturated carbocycles. The summed E-state index contributed by atoms with van der Waals surface area (Å²) in [6, 6.07) is 10.4. The lowest BCUT2D eigenvalue weighted by Crippen LogP contribution is -2.51. The van der Waals surface area contributed by atoms with E-state index in [0.717, 1.165) is 31.2 Å². The highest BCUT2D eigenvalue weighted by atomic mass is 35.5. The van der Waals surface area contributed by atoms with Crippen molar-refractivity contribution in [3.05, 3.63) is 57.6 Å². The van der Waals surface area contributed by atoms with Crippen LogP contribution in [0.5, 0.6) is 11.5 Å². The standard InChI is InChI=1S/C27H34Cl2N2O4/c1-4-23(27(33)30-19-8-5-6-9-19)31(17-20-21(28)10-7-11-22(20)29)26(32)15-13-18-12-14-24(34-2)25(16-18)35-3/h7,10-12,14,16,19,23H,4-6,8-9,13,15,17H2,1-3H3,(H,30,33). The van der Waals surface area contributed by atoms with E-state index in [1.165, 1.54) is 0 Å². The Balaban J connectivity index is 1.81. The Hall–Kier alpha value is -2.44. The van der Waals surface area contributed by atoms with Crippen molar-refractivity contribution in [2.24, 2.45) is 0 Å². The fourth-order valence-corrected chi connectivity index (χ4v) is 5.09. The van der Waals surface area contributed by atoms with E-state index in [4.69, 9.17) is 32.7 Å². The summed E-state index contributed by atoms with van der Waals surface area (Å²) in [5, 5.41) is 4.10. The Morgan fingerprint density at radius 3 is 2.31 bits per heavy atom. The molecule has 6 nitrogen and oxygen atoms in total. The van der Waals surface area contributed by atoms with Gasteiger partial charge in [0.2, 0.25) is 11.8 Å². The second-order valence-corrected chi connectivity index (χ2v) is 9.64. The lowest BCUT2D eigenvalue weighted by Gasteiger charge is -2.32. The van der Waals surface area contributed by atoms with Crippen molar-refractivity contribution < 1.29 is 19.1 Å². The molecule has 8 heteroatoms. The first-order valence-corrected chi connectivity index (χ1v) is 12.9. The first-order valence-electron chi connectivity index (χ1n) is 12.1. The summed E-state index contributed by atoms with van der Waals surface area (Å²) < 4.78 is 10.7. The third-order valence-electron chi connectivity index (χ3n) is 6.55. The number of nitrogens with zero attached hydrogens (tertiary/aromatic N) is 1. The van der Waals surface area contributed by atoms with E-state index < -0.39 is 6.04 Å². The van der Waals surface area contributed by atoms with E-state index in [1.807, 2.05) is 25.1 Å². The first kappa shape index (κ1) is 27.2. The fraction of sp³-hybridized carbons (Fsp3) is 0.481. The molecule has 0 aliphatic heterocycles. The lowest BCUT2D eigenvalue weighted by molar-refractivity contribution is -0.141. The van der Waals surface area contributed by atoms with Gasteiger partial charge in [0.1, 0.15) is 6.04 Å². The molecular weight excluding hydrogens is 487 g/mol. The van der Waals surface area contributed by atoms with E-state index in [-0.39, 0.29) is 30.8 Å². The molecule has 2 aromatic carbocycles. The minimum Gasteiger partial charge on any atom is -0.493 e. The maximum atomic E-state index is 13.6. The molecule has 0 saturated heterocycles. The van der Waals surface area contributed by atoms with Crippen molar-refractivity contribution in [2.45, 2.75) is 70.5 Å². The normalized spacial score (nSPS) is 14.4. The SMILES string of the molecule is CCC(C(=O)NC1CCCC1)N(Cc1c(Cl)cccc1Cl)C(=O)CCc1ccc(OC)c(OC)c1. The van der Waals surface area contributed by atoms with E-state index >= 15 is 0 Å². The number of benzene rings is 2. The molecule has 2 amide bonds. The Morgan fingerprint density at radius 2 is 1.71 bits per heavy atom. The molecule has 0 spiro atoms. The van der Waals surface area contributed by atoms with Gasteiger partial charge in [-0.1, -0.05) is 55.1 Å². The maximum Gasteiger partial charge on any atom is 0.243 e. The minimum atomic E-state index is -0.610. The molecule has 1 atom stereocenters. The quantitative estimate of drug-likeness (QED) is 0.405. The van der Waals surface area contributed by atoms with Crippen LogP contribution in [0.1, 0.15) is 56.6 Å². The van der Waals surface area contributed by atoms with Crippen molar-refractivity contribution in [2.75, 3.05) is 14.2 Å². The average molecular weight is 521 g/mol. The molecule has 0 aromatic heterocycles. The molecule has 0 radical (unpaired) electrons. The van der Waals surface area contributed by atoms with E-state index in [0.29, 0.717) is 39.9 Å². The van der Waals surface area contributed by atoms with Crippen LogP contribution >= 0.6 is 23.2 Å². The van der Waals surface area contributed by atoms with E-state index in [2.05, 4.69) is 5.32 Å². The number of carbonyl (C=O) groups is 2. The summed E-state index contributed by atoms with van der Waals surface area (Å²) in [6.45, 7) is 2.08. The van der Waals surface area contributed by atoms with E-state index in [1.54, 1.807) is 37.3 Å². The van der Waals surface area contributed by atoms with Crippen LogP contribution in [0.25, 0.3) is 0 Å². The number of hydrogen-bond acceptors (Lipinski definition) is 4. The third kappa shape index (κ3) is 7.05. The van der Waals surface area contributed by atoms with Crippen molar-refractivity contribution in [1.29, 1.82) is 0 Å². The molecule has 1 aliphatic carbocycles. The van der Waals surface area contributed by atoms with Crippen molar-refractivity contribution >= 4 is 35.0 Å². The van der Waals surface area contributed by atoms with Crippen LogP contribution in [0.2, 0.25) is 10.0 Å². The zero-order valence-electron chi connectivity index (χ0n) is 20.6. The van der Waals surface area contributed by atoms with Gasteiger partial charge in [-0.3, -0.25) is 9.59 Å². The molecule has 35 heavy (non-hydrogen) atoms. The number of amides is 2. The largest absolute Gasteiger partial charge is 0.493 e. The number of rotatable bonds is 11. The van der Waals surface area contributed by atoms with Gasteiger partial charge >= 0.3 is 0 Å². The third-order valence-corrected chi connectivity index (χ3v) is 7.26. The summed E-state index contributed by atoms with van der Waals surface area (Å²) >= 11 is 12.9. The topological polar surface area (TPSA) is 67.9 Å². The Bertz CT molecular complexity index is 1000. The van der Waals surface area contributed by atoms with Gasteiger partial charge in [0, 0.05) is 34.6 Å². The number of ether oxygens (including phenoxy) is 2. The van der Waals surface area contributed by atoms with Crippen molar-refractivity contribution in [1.82, 2.24) is 10.2 Å². The fourth-order valence-electron chi connectivity index (χ4n) is 4.57. The van der Waals surface area contributed by atoms with Gasteiger partial charge in [0.25, 0.3) is 0 Å². The number of carbonyl (C=O) groups excluding carboxylic acids is 2. The number of aryl methyl sites for hydroxylation is 1. The molecule has 1 N–H and O–H groups in total. The predicted molar refractivity (Wildman–Crippen MR) is 139 cm³/mol. The predicted octanol–water partition coefficient (Wildman–Crippen LogP) is 5.81. The summed E-state index contributed by atoms with van der Waals surface area (Å²) in [6.07, 6.45) is 5.40. The Morgan fingerprint density at radius 1 is 1.06 bits per heavy atom. The van der Waals surface area contributed by atoms with Crippen molar-refractivity contribution in [3.8, 4) is 11.5 Å². The highest BCUT2D eigenvalue weighted by molar-refractivity contribution is 6.36. The zero-order chi connectivity index (χ0) is 25.4. The molecule has 1 aliphatic rings. The number of halogens is 2. The van der Waals surface area contributed by atoms with Gasteiger partial charge in [0.15, 0.2) is 11.5 Å². The lowest BCUT2D eigenvalue weighted by atomic mass is 10.0. The molecule has 0 bridgehead atoms. The zero-order valence-corrected chi connectivity index (χ0v) is 22.1. The summed E-state index contributed by atoms with van der Waals surface area (Å²) in [5.74, 6) is 0.984. The van der Waals surface area contributed by atoms with Crippen LogP contribution in [0, 0.1) is 0 Å². The molecule has 0 heterocycles.